The summed E-state index contributed by atoms with van der Waals surface area (Å²) < 4.78 is 0. The summed E-state index contributed by atoms with van der Waals surface area (Å²) in [5, 5.41) is 8.96. The average Bonchev–Trinajstić information content (AvgIpc) is 2.57. The van der Waals surface area contributed by atoms with Crippen molar-refractivity contribution < 1.29 is 19.5 Å². The van der Waals surface area contributed by atoms with E-state index in [1.165, 1.54) is 11.0 Å². The topological polar surface area (TPSA) is 74.7 Å². The van der Waals surface area contributed by atoms with Crippen molar-refractivity contribution in [1.82, 2.24) is 0 Å². The number of carboxylic acids is 1. The van der Waals surface area contributed by atoms with E-state index in [-0.39, 0.29) is 11.1 Å². The molecule has 0 radical (unpaired) electrons. The van der Waals surface area contributed by atoms with Gasteiger partial charge in [-0.3, -0.25) is 9.59 Å². The Kier molecular flexibility index (Phi) is 1.86. The molecule has 0 atom stereocenters. The zero-order valence-corrected chi connectivity index (χ0v) is 8.90. The van der Waals surface area contributed by atoms with Crippen LogP contribution in [0.5, 0.6) is 0 Å². The molecule has 0 bridgehead atoms. The first kappa shape index (κ1) is 10.0. The number of amides is 1. The van der Waals surface area contributed by atoms with Gasteiger partial charge in [0.05, 0.1) is 16.8 Å². The number of carbonyl (C=O) groups is 3. The Hall–Kier alpha value is -2.17. The van der Waals surface area contributed by atoms with Gasteiger partial charge >= 0.3 is 5.97 Å². The molecule has 2 aliphatic heterocycles. The molecule has 0 spiro atoms. The highest BCUT2D eigenvalue weighted by Crippen LogP contribution is 2.37. The molecule has 0 saturated carbocycles. The Bertz CT molecular complexity index is 576. The number of nitrogens with zero attached hydrogens (tertiary/aromatic N) is 1. The van der Waals surface area contributed by atoms with E-state index in [1.54, 1.807) is 6.07 Å². The number of Topliss-reactive ketones (excluding diaryl/α,β-unsaturated/α-hetero) is 1. The van der Waals surface area contributed by atoms with Gasteiger partial charge in [0, 0.05) is 6.54 Å². The van der Waals surface area contributed by atoms with Gasteiger partial charge in [-0.05, 0) is 30.5 Å². The van der Waals surface area contributed by atoms with Gasteiger partial charge < -0.3 is 10.0 Å². The molecule has 0 saturated heterocycles. The molecule has 17 heavy (non-hydrogen) atoms. The lowest BCUT2D eigenvalue weighted by Gasteiger charge is -2.24. The van der Waals surface area contributed by atoms with Crippen molar-refractivity contribution in [2.75, 3.05) is 11.4 Å². The first-order valence-electron chi connectivity index (χ1n) is 5.36. The van der Waals surface area contributed by atoms with E-state index in [2.05, 4.69) is 0 Å². The highest BCUT2D eigenvalue weighted by Gasteiger charge is 2.39. The van der Waals surface area contributed by atoms with Crippen LogP contribution in [0.15, 0.2) is 12.1 Å². The van der Waals surface area contributed by atoms with Gasteiger partial charge in [0.2, 0.25) is 0 Å². The fourth-order valence-electron chi connectivity index (χ4n) is 2.48. The SMILES string of the molecule is O=C(O)c1cc2c3c(c1)C(=O)C(=O)N3CCC2. The Morgan fingerprint density at radius 2 is 2.06 bits per heavy atom. The number of aryl methyl sites for hydroxylation is 1. The molecule has 1 amide bonds. The van der Waals surface area contributed by atoms with Crippen molar-refractivity contribution in [2.45, 2.75) is 12.8 Å². The zero-order chi connectivity index (χ0) is 12.2. The van der Waals surface area contributed by atoms with Crippen molar-refractivity contribution in [3.63, 3.8) is 0 Å². The zero-order valence-electron chi connectivity index (χ0n) is 8.90. The Labute approximate surface area is 96.6 Å². The van der Waals surface area contributed by atoms with Crippen LogP contribution in [0.3, 0.4) is 0 Å². The first-order valence-corrected chi connectivity index (χ1v) is 5.36. The van der Waals surface area contributed by atoms with Gasteiger partial charge in [-0.1, -0.05) is 0 Å². The van der Waals surface area contributed by atoms with Gasteiger partial charge in [-0.2, -0.15) is 0 Å². The van der Waals surface area contributed by atoms with Gasteiger partial charge in [0.15, 0.2) is 0 Å². The largest absolute Gasteiger partial charge is 0.478 e. The summed E-state index contributed by atoms with van der Waals surface area (Å²) in [6.07, 6.45) is 1.47. The first-order chi connectivity index (χ1) is 8.09. The van der Waals surface area contributed by atoms with E-state index in [4.69, 9.17) is 5.11 Å². The molecular weight excluding hydrogens is 222 g/mol. The maximum Gasteiger partial charge on any atom is 0.335 e. The summed E-state index contributed by atoms with van der Waals surface area (Å²) in [6, 6.07) is 2.85. The summed E-state index contributed by atoms with van der Waals surface area (Å²) >= 11 is 0. The van der Waals surface area contributed by atoms with Gasteiger partial charge in [-0.25, -0.2) is 4.79 Å². The number of hydrogen-bond acceptors (Lipinski definition) is 3. The second-order valence-corrected chi connectivity index (χ2v) is 4.23. The highest BCUT2D eigenvalue weighted by atomic mass is 16.4. The molecule has 86 valence electrons. The maximum absolute atomic E-state index is 11.7. The van der Waals surface area contributed by atoms with Gasteiger partial charge in [0.1, 0.15) is 0 Å². The number of carbonyl (C=O) groups excluding carboxylic acids is 2. The second kappa shape index (κ2) is 3.16. The molecule has 0 aromatic heterocycles. The predicted octanol–water partition coefficient (Wildman–Crippen LogP) is 0.860. The summed E-state index contributed by atoms with van der Waals surface area (Å²) in [5.74, 6) is -2.21. The van der Waals surface area contributed by atoms with Crippen LogP contribution in [0.25, 0.3) is 0 Å². The quantitative estimate of drug-likeness (QED) is 0.727. The van der Waals surface area contributed by atoms with E-state index >= 15 is 0 Å². The standard InChI is InChI=1S/C12H9NO4/c14-10-8-5-7(12(16)17)4-6-2-1-3-13(9(6)8)11(10)15/h4-5H,1-3H2,(H,16,17). The normalized spacial score (nSPS) is 17.3. The van der Waals surface area contributed by atoms with Crippen molar-refractivity contribution >= 4 is 23.3 Å². The predicted molar refractivity (Wildman–Crippen MR) is 58.4 cm³/mol. The third-order valence-electron chi connectivity index (χ3n) is 3.22. The molecule has 3 rings (SSSR count). The van der Waals surface area contributed by atoms with Gasteiger partial charge in [0.25, 0.3) is 11.7 Å². The van der Waals surface area contributed by atoms with Crippen LogP contribution < -0.4 is 4.90 Å². The molecule has 2 heterocycles. The number of ketones is 1. The summed E-state index contributed by atoms with van der Waals surface area (Å²) in [5.41, 5.74) is 1.72. The van der Waals surface area contributed by atoms with Crippen molar-refractivity contribution in [1.29, 1.82) is 0 Å². The van der Waals surface area contributed by atoms with Crippen LogP contribution in [0.1, 0.15) is 32.7 Å². The van der Waals surface area contributed by atoms with Crippen LogP contribution >= 0.6 is 0 Å². The van der Waals surface area contributed by atoms with Crippen LogP contribution in [-0.4, -0.2) is 29.3 Å². The molecule has 2 aliphatic rings. The smallest absolute Gasteiger partial charge is 0.335 e. The molecule has 0 aliphatic carbocycles. The minimum atomic E-state index is -1.08. The van der Waals surface area contributed by atoms with Crippen LogP contribution in [0.4, 0.5) is 5.69 Å². The lowest BCUT2D eigenvalue weighted by molar-refractivity contribution is -0.114. The minimum absolute atomic E-state index is 0.0728. The molecule has 1 aromatic rings. The number of carboxylic acid groups (broad SMARTS) is 1. The van der Waals surface area contributed by atoms with E-state index in [1.807, 2.05) is 0 Å². The maximum atomic E-state index is 11.7. The molecule has 1 aromatic carbocycles. The fourth-order valence-corrected chi connectivity index (χ4v) is 2.48. The Morgan fingerprint density at radius 3 is 2.76 bits per heavy atom. The monoisotopic (exact) mass is 231 g/mol. The molecule has 1 N–H and O–H groups in total. The molecule has 5 nitrogen and oxygen atoms in total. The molecular formula is C12H9NO4. The van der Waals surface area contributed by atoms with Gasteiger partial charge in [-0.15, -0.1) is 0 Å². The number of rotatable bonds is 1. The molecule has 5 heteroatoms. The van der Waals surface area contributed by atoms with Crippen LogP contribution in [-0.2, 0) is 11.2 Å². The second-order valence-electron chi connectivity index (χ2n) is 4.23. The van der Waals surface area contributed by atoms with E-state index < -0.39 is 17.7 Å². The lowest BCUT2D eigenvalue weighted by atomic mass is 9.97. The van der Waals surface area contributed by atoms with Crippen molar-refractivity contribution in [3.8, 4) is 0 Å². The number of hydrogen-bond donors (Lipinski definition) is 1. The van der Waals surface area contributed by atoms with Crippen molar-refractivity contribution in [3.05, 3.63) is 28.8 Å². The third-order valence-corrected chi connectivity index (χ3v) is 3.22. The lowest BCUT2D eigenvalue weighted by Crippen LogP contribution is -2.33. The number of benzene rings is 1. The van der Waals surface area contributed by atoms with E-state index in [0.29, 0.717) is 18.7 Å². The Balaban J connectivity index is 2.29. The third kappa shape index (κ3) is 1.22. The number of anilines is 1. The fraction of sp³-hybridized carbons (Fsp3) is 0.250. The van der Waals surface area contributed by atoms with E-state index in [0.717, 1.165) is 12.0 Å². The Morgan fingerprint density at radius 1 is 1.29 bits per heavy atom. The van der Waals surface area contributed by atoms with E-state index in [9.17, 15) is 14.4 Å². The van der Waals surface area contributed by atoms with Crippen LogP contribution in [0.2, 0.25) is 0 Å². The summed E-state index contributed by atoms with van der Waals surface area (Å²) in [6.45, 7) is 0.539. The average molecular weight is 231 g/mol. The minimum Gasteiger partial charge on any atom is -0.478 e. The summed E-state index contributed by atoms with van der Waals surface area (Å²) in [7, 11) is 0. The summed E-state index contributed by atoms with van der Waals surface area (Å²) in [4.78, 5) is 35.8. The molecule has 0 unspecified atom stereocenters. The number of aromatic carboxylic acids is 1. The van der Waals surface area contributed by atoms with Crippen molar-refractivity contribution in [2.24, 2.45) is 0 Å². The highest BCUT2D eigenvalue weighted by molar-refractivity contribution is 6.52. The van der Waals surface area contributed by atoms with Crippen LogP contribution in [0, 0.1) is 0 Å². The molecule has 0 fully saturated rings.